The number of hydrogen-bond donors (Lipinski definition) is 1. The summed E-state index contributed by atoms with van der Waals surface area (Å²) < 4.78 is 5.42. The molecule has 1 fully saturated rings. The normalized spacial score (nSPS) is 21.9. The van der Waals surface area contributed by atoms with Gasteiger partial charge in [-0.2, -0.15) is 4.98 Å². The average molecular weight is 322 g/mol. The Morgan fingerprint density at radius 2 is 2.05 bits per heavy atom. The fourth-order valence-electron chi connectivity index (χ4n) is 2.84. The molecule has 0 bridgehead atoms. The first-order valence-electron chi connectivity index (χ1n) is 7.56. The Morgan fingerprint density at radius 1 is 1.32 bits per heavy atom. The Hall–Kier alpha value is -1.43. The fraction of sp³-hybridized carbons (Fsp3) is 0.500. The van der Waals surface area contributed by atoms with Crippen LogP contribution in [0.3, 0.4) is 0 Å². The third-order valence-electron chi connectivity index (χ3n) is 4.39. The van der Waals surface area contributed by atoms with Crippen LogP contribution in [0.25, 0.3) is 11.4 Å². The molecule has 22 heavy (non-hydrogen) atoms. The van der Waals surface area contributed by atoms with Gasteiger partial charge >= 0.3 is 0 Å². The van der Waals surface area contributed by atoms with Crippen LogP contribution < -0.4 is 0 Å². The molecule has 1 aromatic heterocycles. The van der Waals surface area contributed by atoms with Crippen molar-refractivity contribution < 1.29 is 9.63 Å². The van der Waals surface area contributed by atoms with Crippen molar-refractivity contribution in [2.24, 2.45) is 5.92 Å². The molecule has 0 radical (unpaired) electrons. The summed E-state index contributed by atoms with van der Waals surface area (Å²) >= 11 is 5.89. The van der Waals surface area contributed by atoms with Crippen LogP contribution in [-0.2, 0) is 0 Å². The van der Waals surface area contributed by atoms with E-state index in [1.807, 2.05) is 31.2 Å². The van der Waals surface area contributed by atoms with Crippen LogP contribution in [0, 0.1) is 5.92 Å². The maximum atomic E-state index is 9.71. The molecule has 1 aliphatic heterocycles. The van der Waals surface area contributed by atoms with Gasteiger partial charge in [0.1, 0.15) is 0 Å². The van der Waals surface area contributed by atoms with Crippen molar-refractivity contribution in [3.8, 4) is 11.4 Å². The maximum Gasteiger partial charge on any atom is 0.244 e. The van der Waals surface area contributed by atoms with Crippen LogP contribution in [0.2, 0.25) is 5.02 Å². The van der Waals surface area contributed by atoms with E-state index in [1.165, 1.54) is 0 Å². The van der Waals surface area contributed by atoms with Crippen molar-refractivity contribution in [3.63, 3.8) is 0 Å². The highest BCUT2D eigenvalue weighted by atomic mass is 35.5. The Balaban J connectivity index is 1.72. The molecule has 6 heteroatoms. The van der Waals surface area contributed by atoms with Crippen molar-refractivity contribution >= 4 is 11.6 Å². The van der Waals surface area contributed by atoms with Gasteiger partial charge in [-0.3, -0.25) is 4.90 Å². The monoisotopic (exact) mass is 321 g/mol. The molecule has 1 aromatic carbocycles. The lowest BCUT2D eigenvalue weighted by Crippen LogP contribution is -2.27. The summed E-state index contributed by atoms with van der Waals surface area (Å²) in [7, 11) is 0. The third-order valence-corrected chi connectivity index (χ3v) is 4.64. The standard InChI is InChI=1S/C16H20ClN3O2/c1-10(20-8-7-13(9-20)11(2)21)16-18-15(19-22-16)12-3-5-14(17)6-4-12/h3-6,10-11,13,21H,7-9H2,1-2H3. The quantitative estimate of drug-likeness (QED) is 0.937. The summed E-state index contributed by atoms with van der Waals surface area (Å²) in [6.07, 6.45) is 0.727. The highest BCUT2D eigenvalue weighted by Gasteiger charge is 2.31. The van der Waals surface area contributed by atoms with Crippen LogP contribution in [0.4, 0.5) is 0 Å². The summed E-state index contributed by atoms with van der Waals surface area (Å²) in [4.78, 5) is 6.77. The molecule has 0 aliphatic carbocycles. The number of aliphatic hydroxyl groups is 1. The van der Waals surface area contributed by atoms with Gasteiger partial charge in [0.05, 0.1) is 12.1 Å². The van der Waals surface area contributed by atoms with E-state index in [1.54, 1.807) is 0 Å². The van der Waals surface area contributed by atoms with Crippen molar-refractivity contribution in [1.82, 2.24) is 15.0 Å². The SMILES string of the molecule is CC(O)C1CCN(C(C)c2nc(-c3ccc(Cl)cc3)no2)C1. The van der Waals surface area contributed by atoms with Crippen LogP contribution >= 0.6 is 11.6 Å². The van der Waals surface area contributed by atoms with E-state index in [9.17, 15) is 5.11 Å². The second kappa shape index (κ2) is 6.36. The number of rotatable bonds is 4. The minimum atomic E-state index is -0.274. The zero-order valence-electron chi connectivity index (χ0n) is 12.7. The van der Waals surface area contributed by atoms with Crippen molar-refractivity contribution in [1.29, 1.82) is 0 Å². The molecule has 3 rings (SSSR count). The van der Waals surface area contributed by atoms with Gasteiger partial charge in [0.15, 0.2) is 0 Å². The van der Waals surface area contributed by atoms with Gasteiger partial charge in [-0.05, 0) is 57.0 Å². The van der Waals surface area contributed by atoms with E-state index in [0.29, 0.717) is 22.7 Å². The number of halogens is 1. The topological polar surface area (TPSA) is 62.4 Å². The summed E-state index contributed by atoms with van der Waals surface area (Å²) in [6, 6.07) is 7.42. The second-order valence-corrected chi connectivity index (χ2v) is 6.36. The molecule has 1 N–H and O–H groups in total. The van der Waals surface area contributed by atoms with E-state index < -0.39 is 0 Å². The van der Waals surface area contributed by atoms with Crippen LogP contribution in [0.5, 0.6) is 0 Å². The number of nitrogens with zero attached hydrogens (tertiary/aromatic N) is 3. The lowest BCUT2D eigenvalue weighted by Gasteiger charge is -2.21. The molecule has 0 spiro atoms. The molecule has 5 nitrogen and oxygen atoms in total. The van der Waals surface area contributed by atoms with Gasteiger partial charge in [-0.15, -0.1) is 0 Å². The molecule has 0 saturated carbocycles. The summed E-state index contributed by atoms with van der Waals surface area (Å²) in [6.45, 7) is 5.71. The minimum absolute atomic E-state index is 0.0531. The maximum absolute atomic E-state index is 9.71. The van der Waals surface area contributed by atoms with Crippen LogP contribution in [0.15, 0.2) is 28.8 Å². The first-order valence-corrected chi connectivity index (χ1v) is 7.94. The highest BCUT2D eigenvalue weighted by molar-refractivity contribution is 6.30. The van der Waals surface area contributed by atoms with E-state index in [2.05, 4.69) is 22.0 Å². The van der Waals surface area contributed by atoms with E-state index >= 15 is 0 Å². The second-order valence-electron chi connectivity index (χ2n) is 5.92. The van der Waals surface area contributed by atoms with Gasteiger partial charge in [-0.1, -0.05) is 16.8 Å². The fourth-order valence-corrected chi connectivity index (χ4v) is 2.96. The Morgan fingerprint density at radius 3 is 2.68 bits per heavy atom. The molecule has 1 aliphatic rings. The van der Waals surface area contributed by atoms with Gasteiger partial charge in [0.25, 0.3) is 0 Å². The number of aromatic nitrogens is 2. The highest BCUT2D eigenvalue weighted by Crippen LogP contribution is 2.29. The number of likely N-dealkylation sites (tertiary alicyclic amines) is 1. The van der Waals surface area contributed by atoms with Crippen molar-refractivity contribution in [2.75, 3.05) is 13.1 Å². The van der Waals surface area contributed by atoms with Gasteiger partial charge in [0, 0.05) is 17.1 Å². The zero-order valence-corrected chi connectivity index (χ0v) is 13.5. The molecule has 3 atom stereocenters. The van der Waals surface area contributed by atoms with E-state index in [-0.39, 0.29) is 12.1 Å². The Labute approximate surface area is 134 Å². The van der Waals surface area contributed by atoms with Crippen molar-refractivity contribution in [2.45, 2.75) is 32.4 Å². The summed E-state index contributed by atoms with van der Waals surface area (Å²) in [5, 5.41) is 14.4. The zero-order chi connectivity index (χ0) is 15.7. The van der Waals surface area contributed by atoms with Gasteiger partial charge < -0.3 is 9.63 Å². The molecular weight excluding hydrogens is 302 g/mol. The Bertz CT molecular complexity index is 627. The predicted molar refractivity (Wildman–Crippen MR) is 84.5 cm³/mol. The smallest absolute Gasteiger partial charge is 0.244 e. The lowest BCUT2D eigenvalue weighted by atomic mass is 10.0. The average Bonchev–Trinajstić information content (AvgIpc) is 3.17. The molecular formula is C16H20ClN3O2. The molecule has 0 amide bonds. The van der Waals surface area contributed by atoms with E-state index in [0.717, 1.165) is 25.1 Å². The number of aliphatic hydroxyl groups excluding tert-OH is 1. The molecule has 1 saturated heterocycles. The first kappa shape index (κ1) is 15.5. The van der Waals surface area contributed by atoms with Gasteiger partial charge in [-0.25, -0.2) is 0 Å². The largest absolute Gasteiger partial charge is 0.393 e. The molecule has 3 unspecified atom stereocenters. The number of hydrogen-bond acceptors (Lipinski definition) is 5. The van der Waals surface area contributed by atoms with E-state index in [4.69, 9.17) is 16.1 Å². The molecule has 118 valence electrons. The first-order chi connectivity index (χ1) is 10.5. The van der Waals surface area contributed by atoms with Crippen molar-refractivity contribution in [3.05, 3.63) is 35.2 Å². The summed E-state index contributed by atoms with van der Waals surface area (Å²) in [5.74, 6) is 1.50. The molecule has 2 aromatic rings. The summed E-state index contributed by atoms with van der Waals surface area (Å²) in [5.41, 5.74) is 0.884. The molecule has 2 heterocycles. The number of benzene rings is 1. The predicted octanol–water partition coefficient (Wildman–Crippen LogP) is 3.15. The lowest BCUT2D eigenvalue weighted by molar-refractivity contribution is 0.119. The van der Waals surface area contributed by atoms with Crippen LogP contribution in [-0.4, -0.2) is 39.3 Å². The van der Waals surface area contributed by atoms with Crippen LogP contribution in [0.1, 0.15) is 32.2 Å². The third kappa shape index (κ3) is 3.16. The van der Waals surface area contributed by atoms with Gasteiger partial charge in [0.2, 0.25) is 11.7 Å². The minimum Gasteiger partial charge on any atom is -0.393 e. The Kier molecular flexibility index (Phi) is 4.47.